The lowest BCUT2D eigenvalue weighted by atomic mass is 10.0. The van der Waals surface area contributed by atoms with E-state index >= 15 is 0 Å². The molecule has 2 unspecified atom stereocenters. The van der Waals surface area contributed by atoms with Crippen molar-refractivity contribution < 1.29 is 19.1 Å². The maximum absolute atomic E-state index is 12.7. The molecule has 4 rings (SSSR count). The Kier molecular flexibility index (Phi) is 5.70. The molecule has 1 aromatic rings. The molecule has 0 aliphatic carbocycles. The third-order valence-electron chi connectivity index (χ3n) is 5.56. The molecule has 0 spiro atoms. The molecular formula is C20H26N4O4. The minimum atomic E-state index is -0.566. The Morgan fingerprint density at radius 3 is 2.93 bits per heavy atom. The Bertz CT molecular complexity index is 775. The number of fused-ring (bicyclic) bond motifs is 1. The van der Waals surface area contributed by atoms with E-state index in [1.807, 2.05) is 18.2 Å². The zero-order chi connectivity index (χ0) is 19.5. The number of rotatable bonds is 6. The van der Waals surface area contributed by atoms with Crippen LogP contribution in [0, 0.1) is 0 Å². The highest BCUT2D eigenvalue weighted by Crippen LogP contribution is 2.28. The Balaban J connectivity index is 1.32. The molecule has 3 N–H and O–H groups in total. The molecule has 0 radical (unpaired) electrons. The third-order valence-corrected chi connectivity index (χ3v) is 5.56. The fraction of sp³-hybridized carbons (Fsp3) is 0.550. The smallest absolute Gasteiger partial charge is 0.255 e. The van der Waals surface area contributed by atoms with Crippen LogP contribution in [0.5, 0.6) is 0 Å². The van der Waals surface area contributed by atoms with Crippen LogP contribution in [0.3, 0.4) is 0 Å². The van der Waals surface area contributed by atoms with Gasteiger partial charge in [0.1, 0.15) is 6.04 Å². The molecule has 0 aromatic heterocycles. The summed E-state index contributed by atoms with van der Waals surface area (Å²) in [6, 6.07) is 5.26. The quantitative estimate of drug-likeness (QED) is 0.467. The summed E-state index contributed by atoms with van der Waals surface area (Å²) in [7, 11) is 0. The standard InChI is InChI=1S/C20H26N4O4/c25-18-4-3-17(19(26)23-18)24-12-14-9-13(1-2-16(14)20(24)27)10-21-6-5-15-11-22-7-8-28-15/h1-2,9,15,17,21-22H,3-8,10-12H2,(H,23,25,26). The van der Waals surface area contributed by atoms with Gasteiger partial charge in [0.15, 0.2) is 0 Å². The number of morpholine rings is 1. The molecule has 150 valence electrons. The van der Waals surface area contributed by atoms with Crippen molar-refractivity contribution in [3.05, 3.63) is 34.9 Å². The predicted molar refractivity (Wildman–Crippen MR) is 101 cm³/mol. The number of nitrogens with zero attached hydrogens (tertiary/aromatic N) is 1. The molecule has 3 amide bonds. The zero-order valence-electron chi connectivity index (χ0n) is 15.8. The summed E-state index contributed by atoms with van der Waals surface area (Å²) < 4.78 is 5.69. The second kappa shape index (κ2) is 8.38. The van der Waals surface area contributed by atoms with Gasteiger partial charge < -0.3 is 20.3 Å². The van der Waals surface area contributed by atoms with Crippen LogP contribution in [0.1, 0.15) is 40.7 Å². The zero-order valence-corrected chi connectivity index (χ0v) is 15.8. The molecule has 0 bridgehead atoms. The van der Waals surface area contributed by atoms with Crippen LogP contribution in [0.25, 0.3) is 0 Å². The summed E-state index contributed by atoms with van der Waals surface area (Å²) in [5, 5.41) is 9.09. The molecular weight excluding hydrogens is 360 g/mol. The fourth-order valence-electron chi connectivity index (χ4n) is 4.04. The van der Waals surface area contributed by atoms with Crippen LogP contribution in [0.4, 0.5) is 0 Å². The van der Waals surface area contributed by atoms with E-state index < -0.39 is 6.04 Å². The maximum atomic E-state index is 12.7. The van der Waals surface area contributed by atoms with E-state index in [0.717, 1.165) is 50.3 Å². The summed E-state index contributed by atoms with van der Waals surface area (Å²) in [5.74, 6) is -0.780. The summed E-state index contributed by atoms with van der Waals surface area (Å²) in [6.45, 7) is 4.60. The van der Waals surface area contributed by atoms with Crippen molar-refractivity contribution in [1.82, 2.24) is 20.9 Å². The largest absolute Gasteiger partial charge is 0.376 e. The van der Waals surface area contributed by atoms with Crippen LogP contribution in [-0.2, 0) is 27.4 Å². The SMILES string of the molecule is O=C1CCC(N2Cc3cc(CNCCC4CNCCO4)ccc3C2=O)C(=O)N1. The van der Waals surface area contributed by atoms with Crippen LogP contribution in [-0.4, -0.2) is 61.0 Å². The molecule has 28 heavy (non-hydrogen) atoms. The Labute approximate surface area is 164 Å². The fourth-order valence-corrected chi connectivity index (χ4v) is 4.04. The molecule has 2 atom stereocenters. The number of imide groups is 1. The van der Waals surface area contributed by atoms with Gasteiger partial charge in [-0.15, -0.1) is 0 Å². The number of hydrogen-bond acceptors (Lipinski definition) is 6. The van der Waals surface area contributed by atoms with Crippen molar-refractivity contribution in [1.29, 1.82) is 0 Å². The second-order valence-corrected chi connectivity index (χ2v) is 7.55. The van der Waals surface area contributed by atoms with Crippen molar-refractivity contribution in [2.45, 2.75) is 44.5 Å². The summed E-state index contributed by atoms with van der Waals surface area (Å²) in [6.07, 6.45) is 1.88. The lowest BCUT2D eigenvalue weighted by molar-refractivity contribution is -0.136. The van der Waals surface area contributed by atoms with E-state index in [-0.39, 0.29) is 30.2 Å². The van der Waals surface area contributed by atoms with Gasteiger partial charge in [-0.05, 0) is 36.6 Å². The normalized spacial score (nSPS) is 25.0. The predicted octanol–water partition coefficient (Wildman–Crippen LogP) is -0.0843. The summed E-state index contributed by atoms with van der Waals surface area (Å²) in [5.41, 5.74) is 2.70. The minimum absolute atomic E-state index is 0.133. The number of piperidine rings is 1. The number of benzene rings is 1. The van der Waals surface area contributed by atoms with Crippen molar-refractivity contribution in [2.24, 2.45) is 0 Å². The van der Waals surface area contributed by atoms with Gasteiger partial charge in [-0.25, -0.2) is 0 Å². The highest BCUT2D eigenvalue weighted by molar-refractivity contribution is 6.05. The van der Waals surface area contributed by atoms with Gasteiger partial charge in [0.2, 0.25) is 11.8 Å². The molecule has 2 saturated heterocycles. The van der Waals surface area contributed by atoms with Crippen LogP contribution < -0.4 is 16.0 Å². The molecule has 3 aliphatic rings. The number of nitrogens with one attached hydrogen (secondary N) is 3. The van der Waals surface area contributed by atoms with Crippen LogP contribution in [0.15, 0.2) is 18.2 Å². The molecule has 1 aromatic carbocycles. The van der Waals surface area contributed by atoms with E-state index in [1.54, 1.807) is 4.90 Å². The van der Waals surface area contributed by atoms with E-state index in [4.69, 9.17) is 4.74 Å². The molecule has 3 aliphatic heterocycles. The van der Waals surface area contributed by atoms with Crippen molar-refractivity contribution in [3.63, 3.8) is 0 Å². The van der Waals surface area contributed by atoms with Gasteiger partial charge in [-0.2, -0.15) is 0 Å². The summed E-state index contributed by atoms with van der Waals surface area (Å²) >= 11 is 0. The maximum Gasteiger partial charge on any atom is 0.255 e. The first-order valence-electron chi connectivity index (χ1n) is 9.91. The first-order valence-corrected chi connectivity index (χ1v) is 9.91. The van der Waals surface area contributed by atoms with E-state index in [0.29, 0.717) is 18.5 Å². The average molecular weight is 386 g/mol. The van der Waals surface area contributed by atoms with E-state index in [1.165, 1.54) is 0 Å². The summed E-state index contributed by atoms with van der Waals surface area (Å²) in [4.78, 5) is 37.7. The number of carbonyl (C=O) groups excluding carboxylic acids is 3. The van der Waals surface area contributed by atoms with Crippen molar-refractivity contribution in [2.75, 3.05) is 26.2 Å². The topological polar surface area (TPSA) is 99.8 Å². The lowest BCUT2D eigenvalue weighted by Gasteiger charge is -2.29. The number of hydrogen-bond donors (Lipinski definition) is 3. The average Bonchev–Trinajstić information content (AvgIpc) is 3.02. The lowest BCUT2D eigenvalue weighted by Crippen LogP contribution is -2.52. The number of ether oxygens (including phenoxy) is 1. The van der Waals surface area contributed by atoms with Gasteiger partial charge in [-0.3, -0.25) is 19.7 Å². The van der Waals surface area contributed by atoms with Crippen molar-refractivity contribution >= 4 is 17.7 Å². The number of amides is 3. The van der Waals surface area contributed by atoms with Gasteiger partial charge in [0.05, 0.1) is 12.7 Å². The van der Waals surface area contributed by atoms with Gasteiger partial charge >= 0.3 is 0 Å². The highest BCUT2D eigenvalue weighted by atomic mass is 16.5. The van der Waals surface area contributed by atoms with Crippen molar-refractivity contribution in [3.8, 4) is 0 Å². The molecule has 2 fully saturated rings. The number of carbonyl (C=O) groups is 3. The van der Waals surface area contributed by atoms with Crippen LogP contribution in [0.2, 0.25) is 0 Å². The van der Waals surface area contributed by atoms with E-state index in [9.17, 15) is 14.4 Å². The monoisotopic (exact) mass is 386 g/mol. The first kappa shape index (κ1) is 19.0. The van der Waals surface area contributed by atoms with Crippen LogP contribution >= 0.6 is 0 Å². The molecule has 8 nitrogen and oxygen atoms in total. The minimum Gasteiger partial charge on any atom is -0.376 e. The Morgan fingerprint density at radius 2 is 2.14 bits per heavy atom. The van der Waals surface area contributed by atoms with Gasteiger partial charge in [0.25, 0.3) is 5.91 Å². The molecule has 3 heterocycles. The Hall–Kier alpha value is -2.29. The van der Waals surface area contributed by atoms with Gasteiger partial charge in [0, 0.05) is 38.2 Å². The van der Waals surface area contributed by atoms with Gasteiger partial charge in [-0.1, -0.05) is 12.1 Å². The highest BCUT2D eigenvalue weighted by Gasteiger charge is 2.38. The molecule has 8 heteroatoms. The third kappa shape index (κ3) is 4.09. The molecule has 0 saturated carbocycles. The Morgan fingerprint density at radius 1 is 1.25 bits per heavy atom. The first-order chi connectivity index (χ1) is 13.6. The second-order valence-electron chi connectivity index (χ2n) is 7.55. The van der Waals surface area contributed by atoms with E-state index in [2.05, 4.69) is 16.0 Å².